The van der Waals surface area contributed by atoms with Crippen molar-refractivity contribution < 1.29 is 14.0 Å². The molecular weight excluding hydrogens is 411 g/mol. The lowest BCUT2D eigenvalue weighted by Crippen LogP contribution is -2.16. The number of benzene rings is 2. The van der Waals surface area contributed by atoms with Gasteiger partial charge in [0, 0.05) is 22.5 Å². The molecule has 0 unspecified atom stereocenters. The molecule has 1 atom stereocenters. The van der Waals surface area contributed by atoms with Gasteiger partial charge in [-0.2, -0.15) is 5.10 Å². The first-order valence-corrected chi connectivity index (χ1v) is 10.2. The number of hydrogen-bond donors (Lipinski definition) is 2. The van der Waals surface area contributed by atoms with Crippen LogP contribution in [0.3, 0.4) is 0 Å². The van der Waals surface area contributed by atoms with E-state index in [0.29, 0.717) is 39.1 Å². The number of methoxy groups -OCH3 is 1. The minimum atomic E-state index is -0.305. The maximum atomic E-state index is 14.8. The summed E-state index contributed by atoms with van der Waals surface area (Å²) in [4.78, 5) is 9.86. The van der Waals surface area contributed by atoms with Crippen molar-refractivity contribution in [1.82, 2.24) is 14.6 Å². The van der Waals surface area contributed by atoms with E-state index < -0.39 is 0 Å². The van der Waals surface area contributed by atoms with Crippen LogP contribution < -0.4 is 15.8 Å². The Kier molecular flexibility index (Phi) is 5.81. The highest BCUT2D eigenvalue weighted by Gasteiger charge is 2.19. The number of aromatic nitrogens is 3. The molecule has 0 aliphatic heterocycles. The van der Waals surface area contributed by atoms with Crippen molar-refractivity contribution in [2.75, 3.05) is 12.4 Å². The molecule has 0 aliphatic rings. The minimum absolute atomic E-state index is 0.0984. The number of nitrogens with zero attached hydrogens (tertiary/aromatic N) is 4. The van der Waals surface area contributed by atoms with Gasteiger partial charge in [0.1, 0.15) is 23.5 Å². The van der Waals surface area contributed by atoms with Gasteiger partial charge in [-0.15, -0.1) is 0 Å². The van der Waals surface area contributed by atoms with Crippen LogP contribution in [-0.2, 0) is 4.84 Å². The number of hydrogen-bond acceptors (Lipinski definition) is 6. The van der Waals surface area contributed by atoms with Gasteiger partial charge in [0.25, 0.3) is 0 Å². The number of amidine groups is 1. The Morgan fingerprint density at radius 3 is 2.66 bits per heavy atom. The summed E-state index contributed by atoms with van der Waals surface area (Å²) in [5.74, 6) is 1.07. The second-order valence-corrected chi connectivity index (χ2v) is 7.66. The van der Waals surface area contributed by atoms with Gasteiger partial charge in [0.15, 0.2) is 11.5 Å². The summed E-state index contributed by atoms with van der Waals surface area (Å²) in [7, 11) is 1.58. The zero-order valence-corrected chi connectivity index (χ0v) is 18.3. The summed E-state index contributed by atoms with van der Waals surface area (Å²) in [6, 6.07) is 10.2. The van der Waals surface area contributed by atoms with E-state index in [1.165, 1.54) is 6.07 Å². The Labute approximate surface area is 184 Å². The van der Waals surface area contributed by atoms with Crippen LogP contribution in [-0.4, -0.2) is 33.6 Å². The molecular formula is C23H25FN6O2. The van der Waals surface area contributed by atoms with Crippen LogP contribution in [0.2, 0.25) is 0 Å². The summed E-state index contributed by atoms with van der Waals surface area (Å²) < 4.78 is 22.0. The maximum absolute atomic E-state index is 14.8. The van der Waals surface area contributed by atoms with E-state index in [2.05, 4.69) is 20.6 Å². The predicted molar refractivity (Wildman–Crippen MR) is 122 cm³/mol. The van der Waals surface area contributed by atoms with Crippen LogP contribution in [0, 0.1) is 5.82 Å². The van der Waals surface area contributed by atoms with Crippen molar-refractivity contribution in [3.63, 3.8) is 0 Å². The van der Waals surface area contributed by atoms with Crippen LogP contribution in [0.4, 0.5) is 10.2 Å². The van der Waals surface area contributed by atoms with Gasteiger partial charge in [0.2, 0.25) is 0 Å². The van der Waals surface area contributed by atoms with Gasteiger partial charge in [0.05, 0.1) is 24.9 Å². The lowest BCUT2D eigenvalue weighted by atomic mass is 10.00. The van der Waals surface area contributed by atoms with Gasteiger partial charge in [-0.05, 0) is 32.9 Å². The minimum Gasteiger partial charge on any atom is -0.496 e. The topological polar surface area (TPSA) is 99.1 Å². The van der Waals surface area contributed by atoms with Crippen LogP contribution >= 0.6 is 0 Å². The molecule has 0 amide bonds. The highest BCUT2D eigenvalue weighted by Crippen LogP contribution is 2.36. The average Bonchev–Trinajstić information content (AvgIpc) is 3.20. The molecule has 0 radical (unpaired) electrons. The smallest absolute Gasteiger partial charge is 0.175 e. The Morgan fingerprint density at radius 1 is 1.19 bits per heavy atom. The summed E-state index contributed by atoms with van der Waals surface area (Å²) in [6.45, 7) is 5.64. The molecule has 0 spiro atoms. The SMILES string of the molecule is COc1c([C@@H](C)Nc2ccn3ncc(/C(N)=N/OC(C)C)c3n2)cc(F)c2ccccc12. The average molecular weight is 436 g/mol. The fourth-order valence-corrected chi connectivity index (χ4v) is 3.52. The van der Waals surface area contributed by atoms with Crippen LogP contribution in [0.5, 0.6) is 5.75 Å². The first kappa shape index (κ1) is 21.4. The molecule has 9 heteroatoms. The van der Waals surface area contributed by atoms with E-state index in [1.54, 1.807) is 42.2 Å². The van der Waals surface area contributed by atoms with E-state index in [1.807, 2.05) is 32.9 Å². The Balaban J connectivity index is 1.68. The van der Waals surface area contributed by atoms with E-state index in [0.717, 1.165) is 0 Å². The summed E-state index contributed by atoms with van der Waals surface area (Å²) >= 11 is 0. The fourth-order valence-electron chi connectivity index (χ4n) is 3.52. The molecule has 3 N–H and O–H groups in total. The molecule has 8 nitrogen and oxygen atoms in total. The first-order valence-electron chi connectivity index (χ1n) is 10.2. The quantitative estimate of drug-likeness (QED) is 0.255. The number of halogens is 1. The normalized spacial score (nSPS) is 13.0. The molecule has 2 aromatic heterocycles. The largest absolute Gasteiger partial charge is 0.496 e. The van der Waals surface area contributed by atoms with Gasteiger partial charge in [-0.3, -0.25) is 0 Å². The van der Waals surface area contributed by atoms with Crippen molar-refractivity contribution in [3.8, 4) is 5.75 Å². The molecule has 2 aromatic carbocycles. The van der Waals surface area contributed by atoms with Crippen molar-refractivity contribution in [1.29, 1.82) is 0 Å². The number of fused-ring (bicyclic) bond motifs is 2. The molecule has 0 aliphatic carbocycles. The predicted octanol–water partition coefficient (Wildman–Crippen LogP) is 4.25. The molecule has 166 valence electrons. The second kappa shape index (κ2) is 8.70. The standard InChI is InChI=1S/C23H25FN6O2/c1-13(2)32-29-22(25)18-12-26-30-10-9-20(28-23(18)30)27-14(3)17-11-19(24)15-7-5-6-8-16(15)21(17)31-4/h5-14H,1-4H3,(H2,25,29)(H,27,28)/t14-/m1/s1. The number of oxime groups is 1. The van der Waals surface area contributed by atoms with Crippen molar-refractivity contribution in [3.05, 3.63) is 65.7 Å². The third-order valence-corrected chi connectivity index (χ3v) is 5.02. The van der Waals surface area contributed by atoms with Crippen LogP contribution in [0.1, 0.15) is 37.9 Å². The Hall–Kier alpha value is -3.88. The van der Waals surface area contributed by atoms with Gasteiger partial charge in [-0.1, -0.05) is 29.4 Å². The molecule has 0 saturated heterocycles. The maximum Gasteiger partial charge on any atom is 0.175 e. The third kappa shape index (κ3) is 4.01. The van der Waals surface area contributed by atoms with Crippen LogP contribution in [0.15, 0.2) is 53.9 Å². The van der Waals surface area contributed by atoms with Crippen molar-refractivity contribution in [2.45, 2.75) is 32.9 Å². The van der Waals surface area contributed by atoms with Crippen LogP contribution in [0.25, 0.3) is 16.4 Å². The van der Waals surface area contributed by atoms with E-state index in [9.17, 15) is 4.39 Å². The molecule has 2 heterocycles. The molecule has 4 rings (SSSR count). The van der Waals surface area contributed by atoms with E-state index >= 15 is 0 Å². The van der Waals surface area contributed by atoms with Crippen molar-refractivity contribution in [2.24, 2.45) is 10.9 Å². The Bertz CT molecular complexity index is 1300. The number of ether oxygens (including phenoxy) is 1. The molecule has 0 fully saturated rings. The number of nitrogens with two attached hydrogens (primary N) is 1. The summed E-state index contributed by atoms with van der Waals surface area (Å²) in [6.07, 6.45) is 3.24. The second-order valence-electron chi connectivity index (χ2n) is 7.66. The zero-order chi connectivity index (χ0) is 22.8. The highest BCUT2D eigenvalue weighted by atomic mass is 19.1. The molecule has 0 bridgehead atoms. The van der Waals surface area contributed by atoms with Crippen molar-refractivity contribution >= 4 is 28.1 Å². The van der Waals surface area contributed by atoms with Gasteiger partial charge in [-0.25, -0.2) is 13.9 Å². The van der Waals surface area contributed by atoms with E-state index in [4.69, 9.17) is 15.3 Å². The number of nitrogens with one attached hydrogen (secondary N) is 1. The molecule has 0 saturated carbocycles. The van der Waals surface area contributed by atoms with Gasteiger partial charge < -0.3 is 20.6 Å². The molecule has 4 aromatic rings. The number of rotatable bonds is 7. The lowest BCUT2D eigenvalue weighted by molar-refractivity contribution is 0.0858. The Morgan fingerprint density at radius 2 is 1.94 bits per heavy atom. The summed E-state index contributed by atoms with van der Waals surface area (Å²) in [5, 5.41) is 12.7. The third-order valence-electron chi connectivity index (χ3n) is 5.02. The zero-order valence-electron chi connectivity index (χ0n) is 18.3. The highest BCUT2D eigenvalue weighted by molar-refractivity contribution is 6.02. The van der Waals surface area contributed by atoms with E-state index in [-0.39, 0.29) is 23.8 Å². The fraction of sp³-hybridized carbons (Fsp3) is 0.261. The molecule has 32 heavy (non-hydrogen) atoms. The lowest BCUT2D eigenvalue weighted by Gasteiger charge is -2.20. The summed E-state index contributed by atoms with van der Waals surface area (Å²) in [5.41, 5.74) is 7.82. The monoisotopic (exact) mass is 436 g/mol. The van der Waals surface area contributed by atoms with Gasteiger partial charge >= 0.3 is 0 Å². The number of anilines is 1. The first-order chi connectivity index (χ1) is 15.4.